The molecule has 0 aromatic carbocycles. The third kappa shape index (κ3) is 12.9. The van der Waals surface area contributed by atoms with E-state index >= 15 is 0 Å². The molecule has 0 spiro atoms. The normalized spacial score (nSPS) is 22.6. The summed E-state index contributed by atoms with van der Waals surface area (Å²) in [4.78, 5) is 85.9. The molecule has 2 aromatic heterocycles. The lowest BCUT2D eigenvalue weighted by Gasteiger charge is -2.30. The van der Waals surface area contributed by atoms with E-state index in [1.54, 1.807) is 0 Å². The van der Waals surface area contributed by atoms with Gasteiger partial charge in [0.05, 0.1) is 19.5 Å². The fraction of sp³-hybridized carbons (Fsp3) is 0.652. The van der Waals surface area contributed by atoms with Gasteiger partial charge in [0, 0.05) is 37.6 Å². The highest BCUT2D eigenvalue weighted by Gasteiger charge is 2.50. The van der Waals surface area contributed by atoms with Crippen LogP contribution in [-0.2, 0) is 50.7 Å². The first-order chi connectivity index (χ1) is 23.5. The minimum Gasteiger partial charge on any atom is -0.386 e. The maximum atomic E-state index is 12.6. The fourth-order valence-corrected chi connectivity index (χ4v) is 7.65. The van der Waals surface area contributed by atoms with Crippen molar-refractivity contribution in [1.29, 1.82) is 0 Å². The number of carbonyl (C=O) groups is 3. The van der Waals surface area contributed by atoms with Gasteiger partial charge in [0.1, 0.15) is 36.3 Å². The highest BCUT2D eigenvalue weighted by atomic mass is 32.2. The Labute approximate surface area is 293 Å². The van der Waals surface area contributed by atoms with E-state index in [0.29, 0.717) is 5.75 Å². The Morgan fingerprint density at radius 3 is 2.39 bits per heavy atom. The first kappa shape index (κ1) is 43.0. The number of amides is 2. The summed E-state index contributed by atoms with van der Waals surface area (Å²) in [6, 6.07) is 0. The number of thioether (sulfide) groups is 1. The molecule has 288 valence electrons. The first-order valence-electron chi connectivity index (χ1n) is 14.5. The van der Waals surface area contributed by atoms with E-state index < -0.39 is 84.6 Å². The number of imidazole rings is 1. The Balaban J connectivity index is 1.55. The van der Waals surface area contributed by atoms with Crippen molar-refractivity contribution in [3.05, 3.63) is 12.7 Å². The Kier molecular flexibility index (Phi) is 14.8. The molecule has 2 unspecified atom stereocenters. The van der Waals surface area contributed by atoms with Gasteiger partial charge >= 0.3 is 23.5 Å². The number of phosphoric acid groups is 3. The number of aliphatic hydroxyl groups is 2. The van der Waals surface area contributed by atoms with Gasteiger partial charge < -0.3 is 50.9 Å². The predicted molar refractivity (Wildman–Crippen MR) is 173 cm³/mol. The van der Waals surface area contributed by atoms with E-state index in [-0.39, 0.29) is 41.6 Å². The highest BCUT2D eigenvalue weighted by molar-refractivity contribution is 8.13. The molecule has 0 aliphatic carbocycles. The third-order valence-electron chi connectivity index (χ3n) is 6.81. The van der Waals surface area contributed by atoms with Crippen LogP contribution in [0.15, 0.2) is 12.7 Å². The zero-order chi connectivity index (χ0) is 38.4. The maximum Gasteiger partial charge on any atom is 0.481 e. The van der Waals surface area contributed by atoms with Crippen LogP contribution in [0.3, 0.4) is 0 Å². The van der Waals surface area contributed by atoms with Crippen molar-refractivity contribution in [3.8, 4) is 0 Å². The summed E-state index contributed by atoms with van der Waals surface area (Å²) in [5.41, 5.74) is 4.26. The molecular formula is C23H38N7O17P3S. The SMILES string of the molecule is CC(C)(COP(=O)(O)OP(=O)(O)OC[C@H]1O[C@@H](n2cnc3c(N)ncnc32)[C@H](O)[C@@H]1OP(=O)(O)O)[C@@H](O)C(=O)NCCC(=O)NCCS[13C]([13CH3])=O. The van der Waals surface area contributed by atoms with Crippen molar-refractivity contribution >= 4 is 69.1 Å². The molecule has 1 fully saturated rings. The van der Waals surface area contributed by atoms with Gasteiger partial charge in [0.15, 0.2) is 22.8 Å². The van der Waals surface area contributed by atoms with Crippen LogP contribution in [0.4, 0.5) is 5.82 Å². The molecule has 24 nitrogen and oxygen atoms in total. The number of anilines is 1. The van der Waals surface area contributed by atoms with Crippen molar-refractivity contribution in [2.75, 3.05) is 37.8 Å². The van der Waals surface area contributed by atoms with E-state index in [1.807, 2.05) is 0 Å². The number of rotatable bonds is 19. The van der Waals surface area contributed by atoms with Crippen LogP contribution < -0.4 is 16.4 Å². The zero-order valence-corrected chi connectivity index (χ0v) is 30.6. The Hall–Kier alpha value is -2.44. The highest BCUT2D eigenvalue weighted by Crippen LogP contribution is 2.61. The van der Waals surface area contributed by atoms with Crippen LogP contribution >= 0.6 is 35.2 Å². The summed E-state index contributed by atoms with van der Waals surface area (Å²) in [7, 11) is -16.4. The molecule has 3 heterocycles. The van der Waals surface area contributed by atoms with Gasteiger partial charge in [-0.15, -0.1) is 0 Å². The second-order valence-corrected chi connectivity index (χ2v) is 16.9. The first-order valence-corrected chi connectivity index (χ1v) is 20.0. The van der Waals surface area contributed by atoms with E-state index in [2.05, 4.69) is 34.4 Å². The van der Waals surface area contributed by atoms with Crippen molar-refractivity contribution in [1.82, 2.24) is 30.2 Å². The summed E-state index contributed by atoms with van der Waals surface area (Å²) in [5.74, 6) is -1.08. The van der Waals surface area contributed by atoms with Gasteiger partial charge in [-0.1, -0.05) is 25.6 Å². The molecule has 0 saturated carbocycles. The van der Waals surface area contributed by atoms with Crippen LogP contribution in [0.5, 0.6) is 0 Å². The monoisotopic (exact) mass is 811 g/mol. The molecular weight excluding hydrogens is 773 g/mol. The fourth-order valence-electron chi connectivity index (χ4n) is 4.32. The van der Waals surface area contributed by atoms with Crippen molar-refractivity contribution in [2.45, 2.75) is 57.8 Å². The van der Waals surface area contributed by atoms with Crippen LogP contribution in [0.1, 0.15) is 33.4 Å². The van der Waals surface area contributed by atoms with E-state index in [4.69, 9.17) is 19.5 Å². The molecule has 0 bridgehead atoms. The average molecular weight is 812 g/mol. The number of phosphoric ester groups is 3. The van der Waals surface area contributed by atoms with Gasteiger partial charge in [-0.25, -0.2) is 28.6 Å². The molecule has 1 aliphatic rings. The number of hydrogen-bond donors (Lipinski definition) is 9. The van der Waals surface area contributed by atoms with Gasteiger partial charge in [-0.3, -0.25) is 32.5 Å². The van der Waals surface area contributed by atoms with Gasteiger partial charge in [0.25, 0.3) is 0 Å². The lowest BCUT2D eigenvalue weighted by Crippen LogP contribution is -2.46. The smallest absolute Gasteiger partial charge is 0.386 e. The number of nitrogens with zero attached hydrogens (tertiary/aromatic N) is 4. The number of aromatic nitrogens is 4. The lowest BCUT2D eigenvalue weighted by molar-refractivity contribution is -0.137. The van der Waals surface area contributed by atoms with Crippen molar-refractivity contribution in [3.63, 3.8) is 0 Å². The van der Waals surface area contributed by atoms with Crippen LogP contribution in [0, 0.1) is 5.41 Å². The topological polar surface area (TPSA) is 364 Å². The van der Waals surface area contributed by atoms with E-state index in [0.717, 1.165) is 29.0 Å². The summed E-state index contributed by atoms with van der Waals surface area (Å²) in [6.45, 7) is 1.90. The lowest BCUT2D eigenvalue weighted by atomic mass is 9.87. The predicted octanol–water partition coefficient (Wildman–Crippen LogP) is -1.32. The third-order valence-corrected chi connectivity index (χ3v) is 10.7. The van der Waals surface area contributed by atoms with Crippen LogP contribution in [0.2, 0.25) is 0 Å². The Morgan fingerprint density at radius 2 is 1.75 bits per heavy atom. The molecule has 1 aliphatic heterocycles. The Bertz CT molecular complexity index is 1710. The van der Waals surface area contributed by atoms with Gasteiger partial charge in [-0.05, 0) is 0 Å². The van der Waals surface area contributed by atoms with Crippen molar-refractivity contribution in [2.24, 2.45) is 5.41 Å². The van der Waals surface area contributed by atoms with Crippen LogP contribution in [-0.4, -0.2) is 123 Å². The summed E-state index contributed by atoms with van der Waals surface area (Å²) in [5, 5.41) is 26.1. The minimum atomic E-state index is -5.56. The largest absolute Gasteiger partial charge is 0.481 e. The summed E-state index contributed by atoms with van der Waals surface area (Å²) < 4.78 is 61.8. The number of nitrogens with one attached hydrogen (secondary N) is 2. The number of fused-ring (bicyclic) bond motifs is 1. The second kappa shape index (κ2) is 17.6. The molecule has 0 radical (unpaired) electrons. The molecule has 2 aromatic rings. The molecule has 2 amide bonds. The molecule has 51 heavy (non-hydrogen) atoms. The number of aliphatic hydroxyl groups excluding tert-OH is 2. The maximum absolute atomic E-state index is 12.6. The van der Waals surface area contributed by atoms with Crippen molar-refractivity contribution < 1.29 is 80.5 Å². The molecule has 10 N–H and O–H groups in total. The summed E-state index contributed by atoms with van der Waals surface area (Å²) in [6.07, 6.45) is -6.88. The van der Waals surface area contributed by atoms with Gasteiger partial charge in [-0.2, -0.15) is 4.31 Å². The van der Waals surface area contributed by atoms with Gasteiger partial charge in [0.2, 0.25) is 11.8 Å². The standard InChI is InChI=1S/C23H38N7O17P3S/c1-12(31)51-7-6-25-14(32)4-5-26-21(35)18(34)23(2,3)9-44-50(41,42)47-49(39,40)43-8-13-17(46-48(36,37)38)16(33)22(45-13)30-11-29-15-19(24)27-10-28-20(15)30/h10-11,13,16-18,22,33-34H,4-9H2,1-3H3,(H,25,32)(H,26,35)(H,39,40)(H,41,42)(H2,24,27,28)(H2,36,37,38)/t13-,16-,17-,18+,22-/m1/s1/i1+1,12+1. The van der Waals surface area contributed by atoms with Crippen LogP contribution in [0.25, 0.3) is 11.2 Å². The molecule has 1 saturated heterocycles. The number of nitrogens with two attached hydrogens (primary N) is 1. The van der Waals surface area contributed by atoms with E-state index in [1.165, 1.54) is 20.8 Å². The zero-order valence-electron chi connectivity index (χ0n) is 27.1. The molecule has 7 atom stereocenters. The van der Waals surface area contributed by atoms with E-state index in [9.17, 15) is 57.9 Å². The number of ether oxygens (including phenoxy) is 1. The summed E-state index contributed by atoms with van der Waals surface area (Å²) >= 11 is 1.03. The number of hydrogen-bond acceptors (Lipinski definition) is 18. The number of carbonyl (C=O) groups excluding carboxylic acids is 3. The molecule has 3 rings (SSSR count). The molecule has 28 heteroatoms. The average Bonchev–Trinajstić information content (AvgIpc) is 3.57. The Morgan fingerprint density at radius 1 is 1.08 bits per heavy atom. The minimum absolute atomic E-state index is 0.0310. The quantitative estimate of drug-likeness (QED) is 0.0451. The second-order valence-electron chi connectivity index (χ2n) is 11.4. The number of nitrogen functional groups attached to an aromatic ring is 1.